The molecule has 25 heavy (non-hydrogen) atoms. The van der Waals surface area contributed by atoms with Crippen molar-refractivity contribution in [2.24, 2.45) is 5.73 Å². The third-order valence-electron chi connectivity index (χ3n) is 4.34. The maximum absolute atomic E-state index is 14.7. The van der Waals surface area contributed by atoms with Crippen molar-refractivity contribution in [3.05, 3.63) is 64.4 Å². The van der Waals surface area contributed by atoms with Crippen LogP contribution in [-0.2, 0) is 11.2 Å². The van der Waals surface area contributed by atoms with Gasteiger partial charge in [0, 0.05) is 6.42 Å². The van der Waals surface area contributed by atoms with Crippen LogP contribution in [0, 0.1) is 5.82 Å². The molecule has 0 saturated carbocycles. The van der Waals surface area contributed by atoms with Crippen LogP contribution in [0.5, 0.6) is 0 Å². The topological polar surface area (TPSA) is 75.4 Å². The van der Waals surface area contributed by atoms with Gasteiger partial charge in [-0.15, -0.1) is 0 Å². The first-order chi connectivity index (χ1) is 11.9. The van der Waals surface area contributed by atoms with Crippen LogP contribution in [-0.4, -0.2) is 18.0 Å². The van der Waals surface area contributed by atoms with E-state index in [0.29, 0.717) is 5.56 Å². The van der Waals surface area contributed by atoms with E-state index < -0.39 is 29.8 Å². The van der Waals surface area contributed by atoms with Gasteiger partial charge in [0.25, 0.3) is 5.91 Å². The number of fused-ring (bicyclic) bond motifs is 1. The molecule has 0 bridgehead atoms. The van der Waals surface area contributed by atoms with Crippen LogP contribution in [0.2, 0.25) is 5.02 Å². The zero-order chi connectivity index (χ0) is 18.1. The van der Waals surface area contributed by atoms with E-state index in [9.17, 15) is 14.0 Å². The third kappa shape index (κ3) is 3.17. The maximum Gasteiger partial charge on any atom is 0.312 e. The number of hydrogen-bond acceptors (Lipinski definition) is 2. The molecular weight excluding hydrogens is 345 g/mol. The van der Waals surface area contributed by atoms with Crippen LogP contribution in [0.3, 0.4) is 0 Å². The van der Waals surface area contributed by atoms with Gasteiger partial charge in [-0.3, -0.25) is 4.79 Å². The number of anilines is 1. The Morgan fingerprint density at radius 3 is 2.64 bits per heavy atom. The highest BCUT2D eigenvalue weighted by atomic mass is 35.5. The highest BCUT2D eigenvalue weighted by Gasteiger charge is 2.38. The summed E-state index contributed by atoms with van der Waals surface area (Å²) in [7, 11) is 0. The normalized spacial score (nSPS) is 17.8. The van der Waals surface area contributed by atoms with Gasteiger partial charge in [-0.25, -0.2) is 9.18 Å². The van der Waals surface area contributed by atoms with Gasteiger partial charge in [0.2, 0.25) is 0 Å². The molecule has 2 aromatic carbocycles. The molecule has 0 radical (unpaired) electrons. The van der Waals surface area contributed by atoms with E-state index in [2.05, 4.69) is 5.32 Å². The van der Waals surface area contributed by atoms with Crippen LogP contribution in [0.4, 0.5) is 14.9 Å². The van der Waals surface area contributed by atoms with Crippen LogP contribution in [0.1, 0.15) is 24.1 Å². The summed E-state index contributed by atoms with van der Waals surface area (Å²) >= 11 is 5.93. The molecule has 0 spiro atoms. The summed E-state index contributed by atoms with van der Waals surface area (Å²) < 4.78 is 14.7. The molecule has 130 valence electrons. The van der Waals surface area contributed by atoms with Crippen molar-refractivity contribution < 1.29 is 14.0 Å². The van der Waals surface area contributed by atoms with E-state index in [1.54, 1.807) is 13.0 Å². The first-order valence-corrected chi connectivity index (χ1v) is 8.18. The number of urea groups is 1. The first-order valence-electron chi connectivity index (χ1n) is 7.81. The second kappa shape index (κ2) is 6.72. The highest BCUT2D eigenvalue weighted by Crippen LogP contribution is 2.39. The van der Waals surface area contributed by atoms with Crippen molar-refractivity contribution in [3.63, 3.8) is 0 Å². The Bertz CT molecular complexity index is 829. The lowest BCUT2D eigenvalue weighted by Gasteiger charge is -2.38. The van der Waals surface area contributed by atoms with Crippen molar-refractivity contribution in [2.75, 3.05) is 4.90 Å². The molecule has 0 aromatic heterocycles. The Balaban J connectivity index is 2.12. The predicted molar refractivity (Wildman–Crippen MR) is 94.0 cm³/mol. The minimum atomic E-state index is -0.850. The number of carbonyl (C=O) groups is 2. The van der Waals surface area contributed by atoms with Crippen molar-refractivity contribution in [1.82, 2.24) is 5.32 Å². The van der Waals surface area contributed by atoms with E-state index in [0.717, 1.165) is 5.56 Å². The van der Waals surface area contributed by atoms with Crippen molar-refractivity contribution in [2.45, 2.75) is 25.4 Å². The monoisotopic (exact) mass is 361 g/mol. The van der Waals surface area contributed by atoms with Gasteiger partial charge in [-0.2, -0.15) is 0 Å². The zero-order valence-corrected chi connectivity index (χ0v) is 14.3. The molecule has 0 fully saturated rings. The van der Waals surface area contributed by atoms with Crippen LogP contribution >= 0.6 is 11.6 Å². The van der Waals surface area contributed by atoms with E-state index in [1.165, 1.54) is 11.0 Å². The molecule has 3 N–H and O–H groups in total. The fraction of sp³-hybridized carbons (Fsp3) is 0.222. The molecule has 1 aliphatic rings. The molecule has 0 unspecified atom stereocenters. The molecule has 2 aromatic rings. The van der Waals surface area contributed by atoms with Gasteiger partial charge in [-0.05, 0) is 24.1 Å². The number of nitrogens with zero attached hydrogens (tertiary/aromatic N) is 1. The van der Waals surface area contributed by atoms with Gasteiger partial charge in [0.05, 0.1) is 16.8 Å². The number of halogens is 2. The van der Waals surface area contributed by atoms with E-state index in [4.69, 9.17) is 17.3 Å². The van der Waals surface area contributed by atoms with Gasteiger partial charge in [0.15, 0.2) is 5.82 Å². The lowest BCUT2D eigenvalue weighted by Crippen LogP contribution is -2.54. The zero-order valence-electron chi connectivity index (χ0n) is 13.5. The van der Waals surface area contributed by atoms with E-state index >= 15 is 0 Å². The Morgan fingerprint density at radius 1 is 1.32 bits per heavy atom. The SMILES string of the molecule is C[C@@H](c1ccccc1)N1C(=O)[C@H](NC(N)=O)Cc2ccc(Cl)c(F)c21. The summed E-state index contributed by atoms with van der Waals surface area (Å²) in [6.45, 7) is 1.80. The minimum absolute atomic E-state index is 0.0573. The van der Waals surface area contributed by atoms with Gasteiger partial charge < -0.3 is 16.0 Å². The Kier molecular flexibility index (Phi) is 4.63. The molecule has 3 amide bonds. The standard InChI is InChI=1S/C18H17ClFN3O2/c1-10(11-5-3-2-4-6-11)23-16-12(7-8-13(19)15(16)20)9-14(17(23)24)22-18(21)25/h2-8,10,14H,9H2,1H3,(H3,21,22,25)/t10-,14+/m0/s1. The number of benzene rings is 2. The smallest absolute Gasteiger partial charge is 0.312 e. The average Bonchev–Trinajstić information content (AvgIpc) is 2.59. The predicted octanol–water partition coefficient (Wildman–Crippen LogP) is 3.17. The number of primary amides is 1. The van der Waals surface area contributed by atoms with Crippen molar-refractivity contribution in [1.29, 1.82) is 0 Å². The number of carbonyl (C=O) groups excluding carboxylic acids is 2. The first kappa shape index (κ1) is 17.2. The number of nitrogens with two attached hydrogens (primary N) is 1. The summed E-state index contributed by atoms with van der Waals surface area (Å²) in [5.41, 5.74) is 6.75. The summed E-state index contributed by atoms with van der Waals surface area (Å²) in [5, 5.41) is 2.38. The molecule has 3 rings (SSSR count). The molecular formula is C18H17ClFN3O2. The molecule has 1 heterocycles. The van der Waals surface area contributed by atoms with Crippen LogP contribution in [0.15, 0.2) is 42.5 Å². The number of hydrogen-bond donors (Lipinski definition) is 2. The average molecular weight is 362 g/mol. The molecule has 7 heteroatoms. The summed E-state index contributed by atoms with van der Waals surface area (Å²) in [6.07, 6.45) is 0.156. The molecule has 0 saturated heterocycles. The third-order valence-corrected chi connectivity index (χ3v) is 4.63. The van der Waals surface area contributed by atoms with E-state index in [-0.39, 0.29) is 17.1 Å². The van der Waals surface area contributed by atoms with Crippen LogP contribution in [0.25, 0.3) is 0 Å². The van der Waals surface area contributed by atoms with Crippen LogP contribution < -0.4 is 16.0 Å². The van der Waals surface area contributed by atoms with Crippen molar-refractivity contribution in [3.8, 4) is 0 Å². The van der Waals surface area contributed by atoms with E-state index in [1.807, 2.05) is 30.3 Å². The highest BCUT2D eigenvalue weighted by molar-refractivity contribution is 6.31. The second-order valence-electron chi connectivity index (χ2n) is 5.93. The number of amides is 3. The van der Waals surface area contributed by atoms with Crippen molar-refractivity contribution >= 4 is 29.2 Å². The quantitative estimate of drug-likeness (QED) is 0.881. The van der Waals surface area contributed by atoms with Gasteiger partial charge in [-0.1, -0.05) is 48.0 Å². The number of rotatable bonds is 3. The Hall–Kier alpha value is -2.60. The minimum Gasteiger partial charge on any atom is -0.352 e. The lowest BCUT2D eigenvalue weighted by atomic mass is 9.93. The number of nitrogens with one attached hydrogen (secondary N) is 1. The Morgan fingerprint density at radius 2 is 2.00 bits per heavy atom. The van der Waals surface area contributed by atoms with Gasteiger partial charge >= 0.3 is 6.03 Å². The lowest BCUT2D eigenvalue weighted by molar-refractivity contribution is -0.121. The fourth-order valence-electron chi connectivity index (χ4n) is 3.14. The molecule has 2 atom stereocenters. The molecule has 0 aliphatic carbocycles. The second-order valence-corrected chi connectivity index (χ2v) is 6.34. The summed E-state index contributed by atoms with van der Waals surface area (Å²) in [4.78, 5) is 25.5. The van der Waals surface area contributed by atoms with Gasteiger partial charge in [0.1, 0.15) is 6.04 Å². The Labute approximate surface area is 149 Å². The summed E-state index contributed by atoms with van der Waals surface area (Å²) in [5.74, 6) is -1.07. The fourth-order valence-corrected chi connectivity index (χ4v) is 3.29. The molecule has 1 aliphatic heterocycles. The largest absolute Gasteiger partial charge is 0.352 e. The summed E-state index contributed by atoms with van der Waals surface area (Å²) in [6, 6.07) is 10.3. The molecule has 5 nitrogen and oxygen atoms in total. The maximum atomic E-state index is 14.7.